The number of rotatable bonds is 3. The first-order valence-corrected chi connectivity index (χ1v) is 7.41. The highest BCUT2D eigenvalue weighted by Crippen LogP contribution is 2.16. The van der Waals surface area contributed by atoms with E-state index in [9.17, 15) is 9.59 Å². The number of piperazine rings is 1. The smallest absolute Gasteiger partial charge is 0.254 e. The molecule has 0 saturated carbocycles. The van der Waals surface area contributed by atoms with Crippen LogP contribution in [0.1, 0.15) is 28.4 Å². The van der Waals surface area contributed by atoms with E-state index in [1.54, 1.807) is 4.90 Å². The summed E-state index contributed by atoms with van der Waals surface area (Å²) < 4.78 is 0. The predicted molar refractivity (Wildman–Crippen MR) is 82.3 cm³/mol. The van der Waals surface area contributed by atoms with Gasteiger partial charge in [-0.2, -0.15) is 0 Å². The lowest BCUT2D eigenvalue weighted by molar-refractivity contribution is -0.126. The van der Waals surface area contributed by atoms with E-state index in [2.05, 4.69) is 10.6 Å². The van der Waals surface area contributed by atoms with Gasteiger partial charge in [0, 0.05) is 31.7 Å². The van der Waals surface area contributed by atoms with Gasteiger partial charge in [0.2, 0.25) is 5.91 Å². The van der Waals surface area contributed by atoms with Crippen molar-refractivity contribution in [1.82, 2.24) is 15.5 Å². The molecule has 5 heteroatoms. The average molecular weight is 289 g/mol. The molecule has 5 nitrogen and oxygen atoms in total. The van der Waals surface area contributed by atoms with E-state index in [4.69, 9.17) is 0 Å². The van der Waals surface area contributed by atoms with Crippen molar-refractivity contribution in [3.63, 3.8) is 0 Å². The van der Waals surface area contributed by atoms with Crippen LogP contribution in [-0.4, -0.2) is 48.9 Å². The van der Waals surface area contributed by atoms with Crippen molar-refractivity contribution in [3.8, 4) is 0 Å². The fraction of sp³-hybridized carbons (Fsp3) is 0.500. The molecular formula is C16H23N3O2. The molecule has 0 radical (unpaired) electrons. The molecule has 0 aromatic heterocycles. The van der Waals surface area contributed by atoms with Gasteiger partial charge < -0.3 is 15.5 Å². The summed E-state index contributed by atoms with van der Waals surface area (Å²) in [6.45, 7) is 8.15. The number of hydrogen-bond acceptors (Lipinski definition) is 3. The Morgan fingerprint density at radius 1 is 1.38 bits per heavy atom. The molecular weight excluding hydrogens is 266 g/mol. The zero-order valence-corrected chi connectivity index (χ0v) is 12.9. The lowest BCUT2D eigenvalue weighted by Gasteiger charge is -2.35. The van der Waals surface area contributed by atoms with Crippen molar-refractivity contribution in [2.24, 2.45) is 0 Å². The van der Waals surface area contributed by atoms with Gasteiger partial charge in [-0.3, -0.25) is 9.59 Å². The van der Waals surface area contributed by atoms with E-state index in [1.165, 1.54) is 0 Å². The van der Waals surface area contributed by atoms with Crippen molar-refractivity contribution < 1.29 is 9.59 Å². The van der Waals surface area contributed by atoms with Crippen LogP contribution in [0.15, 0.2) is 18.2 Å². The molecule has 1 unspecified atom stereocenters. The number of likely N-dealkylation sites (N-methyl/N-ethyl adjacent to an activating group) is 1. The molecule has 2 amide bonds. The minimum Gasteiger partial charge on any atom is -0.355 e. The first-order valence-electron chi connectivity index (χ1n) is 7.41. The fourth-order valence-electron chi connectivity index (χ4n) is 2.68. The van der Waals surface area contributed by atoms with Crippen LogP contribution >= 0.6 is 0 Å². The van der Waals surface area contributed by atoms with Crippen molar-refractivity contribution in [1.29, 1.82) is 0 Å². The van der Waals surface area contributed by atoms with Crippen LogP contribution in [0.4, 0.5) is 0 Å². The van der Waals surface area contributed by atoms with Gasteiger partial charge in [-0.05, 0) is 32.4 Å². The summed E-state index contributed by atoms with van der Waals surface area (Å²) in [5.41, 5.74) is 2.76. The molecule has 2 N–H and O–H groups in total. The Morgan fingerprint density at radius 2 is 2.14 bits per heavy atom. The van der Waals surface area contributed by atoms with Crippen molar-refractivity contribution in [3.05, 3.63) is 34.9 Å². The fourth-order valence-corrected chi connectivity index (χ4v) is 2.68. The zero-order valence-electron chi connectivity index (χ0n) is 12.9. The molecule has 0 bridgehead atoms. The van der Waals surface area contributed by atoms with E-state index in [0.29, 0.717) is 31.7 Å². The maximum atomic E-state index is 12.8. The molecule has 0 spiro atoms. The quantitative estimate of drug-likeness (QED) is 0.867. The number of carbonyl (C=O) groups excluding carboxylic acids is 2. The van der Waals surface area contributed by atoms with Gasteiger partial charge in [-0.25, -0.2) is 0 Å². The Labute approximate surface area is 125 Å². The van der Waals surface area contributed by atoms with Crippen LogP contribution in [0, 0.1) is 13.8 Å². The highest BCUT2D eigenvalue weighted by Gasteiger charge is 2.32. The molecule has 1 aromatic carbocycles. The largest absolute Gasteiger partial charge is 0.355 e. The third-order valence-electron chi connectivity index (χ3n) is 3.77. The van der Waals surface area contributed by atoms with Crippen molar-refractivity contribution >= 4 is 11.8 Å². The minimum atomic E-state index is -0.438. The average Bonchev–Trinajstić information content (AvgIpc) is 2.47. The summed E-state index contributed by atoms with van der Waals surface area (Å²) in [7, 11) is 0. The van der Waals surface area contributed by atoms with Crippen LogP contribution < -0.4 is 10.6 Å². The van der Waals surface area contributed by atoms with Gasteiger partial charge in [0.15, 0.2) is 0 Å². The van der Waals surface area contributed by atoms with Gasteiger partial charge in [-0.1, -0.05) is 17.7 Å². The first-order chi connectivity index (χ1) is 10.0. The Bertz CT molecular complexity index is 542. The molecule has 1 heterocycles. The van der Waals surface area contributed by atoms with Crippen LogP contribution in [0.5, 0.6) is 0 Å². The normalized spacial score (nSPS) is 18.4. The van der Waals surface area contributed by atoms with Crippen LogP contribution in [0.2, 0.25) is 0 Å². The van der Waals surface area contributed by atoms with E-state index >= 15 is 0 Å². The number of carbonyl (C=O) groups is 2. The summed E-state index contributed by atoms with van der Waals surface area (Å²) in [6.07, 6.45) is 0. The molecule has 0 aliphatic carbocycles. The maximum Gasteiger partial charge on any atom is 0.254 e. The second-order valence-corrected chi connectivity index (χ2v) is 5.43. The predicted octanol–water partition coefficient (Wildman–Crippen LogP) is 0.854. The first kappa shape index (κ1) is 15.5. The number of aryl methyl sites for hydroxylation is 2. The van der Waals surface area contributed by atoms with Gasteiger partial charge in [0.25, 0.3) is 5.91 Å². The summed E-state index contributed by atoms with van der Waals surface area (Å²) >= 11 is 0. The van der Waals surface area contributed by atoms with Gasteiger partial charge in [0.1, 0.15) is 6.04 Å². The summed E-state index contributed by atoms with van der Waals surface area (Å²) in [4.78, 5) is 26.6. The Balaban J connectivity index is 2.24. The lowest BCUT2D eigenvalue weighted by Crippen LogP contribution is -2.59. The molecule has 1 aliphatic heterocycles. The molecule has 1 aliphatic rings. The Hall–Kier alpha value is -1.88. The Kier molecular flexibility index (Phi) is 4.96. The van der Waals surface area contributed by atoms with E-state index in [-0.39, 0.29) is 11.8 Å². The summed E-state index contributed by atoms with van der Waals surface area (Å²) in [5.74, 6) is -0.159. The van der Waals surface area contributed by atoms with Crippen molar-refractivity contribution in [2.75, 3.05) is 26.2 Å². The highest BCUT2D eigenvalue weighted by atomic mass is 16.2. The van der Waals surface area contributed by atoms with Gasteiger partial charge in [0.05, 0.1) is 0 Å². The number of amides is 2. The van der Waals surface area contributed by atoms with Crippen LogP contribution in [0.3, 0.4) is 0 Å². The summed E-state index contributed by atoms with van der Waals surface area (Å²) in [5, 5.41) is 5.98. The number of nitrogens with zero attached hydrogens (tertiary/aromatic N) is 1. The van der Waals surface area contributed by atoms with Crippen molar-refractivity contribution in [2.45, 2.75) is 26.8 Å². The molecule has 2 rings (SSSR count). The van der Waals surface area contributed by atoms with E-state index in [0.717, 1.165) is 11.1 Å². The third-order valence-corrected chi connectivity index (χ3v) is 3.77. The number of hydrogen-bond donors (Lipinski definition) is 2. The van der Waals surface area contributed by atoms with E-state index in [1.807, 2.05) is 39.0 Å². The molecule has 21 heavy (non-hydrogen) atoms. The van der Waals surface area contributed by atoms with Gasteiger partial charge in [-0.15, -0.1) is 0 Å². The highest BCUT2D eigenvalue weighted by molar-refractivity contribution is 5.99. The second kappa shape index (κ2) is 6.72. The topological polar surface area (TPSA) is 61.4 Å². The van der Waals surface area contributed by atoms with E-state index < -0.39 is 6.04 Å². The minimum absolute atomic E-state index is 0.0646. The second-order valence-electron chi connectivity index (χ2n) is 5.43. The number of nitrogens with one attached hydrogen (secondary N) is 2. The third kappa shape index (κ3) is 3.42. The van der Waals surface area contributed by atoms with Gasteiger partial charge >= 0.3 is 0 Å². The molecule has 1 saturated heterocycles. The van der Waals surface area contributed by atoms with Crippen LogP contribution in [0.25, 0.3) is 0 Å². The number of benzene rings is 1. The zero-order chi connectivity index (χ0) is 15.4. The lowest BCUT2D eigenvalue weighted by atomic mass is 10.0. The molecule has 114 valence electrons. The van der Waals surface area contributed by atoms with Crippen LogP contribution in [-0.2, 0) is 4.79 Å². The molecule has 1 aromatic rings. The molecule has 1 atom stereocenters. The standard InChI is InChI=1S/C16H23N3O2/c1-4-18-15(20)14-10-17-7-8-19(14)16(21)13-6-5-11(2)9-12(13)3/h5-6,9,14,17H,4,7-8,10H2,1-3H3,(H,18,20). The Morgan fingerprint density at radius 3 is 2.81 bits per heavy atom. The molecule has 1 fully saturated rings. The maximum absolute atomic E-state index is 12.8. The SMILES string of the molecule is CCNC(=O)C1CNCCN1C(=O)c1ccc(C)cc1C. The summed E-state index contributed by atoms with van der Waals surface area (Å²) in [6, 6.07) is 5.34. The monoisotopic (exact) mass is 289 g/mol.